The number of benzene rings is 1. The second kappa shape index (κ2) is 5.95. The van der Waals surface area contributed by atoms with Crippen LogP contribution in [0.25, 0.3) is 0 Å². The van der Waals surface area contributed by atoms with Crippen LogP contribution in [0.4, 0.5) is 10.5 Å². The summed E-state index contributed by atoms with van der Waals surface area (Å²) in [5.74, 6) is 1.77. The maximum atomic E-state index is 12.9. The number of rotatable bonds is 2. The number of amides is 2. The van der Waals surface area contributed by atoms with E-state index in [0.29, 0.717) is 19.3 Å². The number of hydrogen-bond donors (Lipinski definition) is 1. The van der Waals surface area contributed by atoms with Crippen molar-refractivity contribution in [2.45, 2.75) is 51.5 Å². The zero-order chi connectivity index (χ0) is 15.8. The number of fused-ring (bicyclic) bond motifs is 2. The lowest BCUT2D eigenvalue weighted by Crippen LogP contribution is -2.45. The smallest absolute Gasteiger partial charge is 0.322 e. The second-order valence-electron chi connectivity index (χ2n) is 6.59. The number of urea groups is 1. The molecule has 4 rings (SSSR count). The molecule has 2 amide bonds. The summed E-state index contributed by atoms with van der Waals surface area (Å²) < 4.78 is 11.5. The Morgan fingerprint density at radius 1 is 1.30 bits per heavy atom. The van der Waals surface area contributed by atoms with Crippen LogP contribution in [0.15, 0.2) is 6.07 Å². The lowest BCUT2D eigenvalue weighted by Gasteiger charge is -2.35. The van der Waals surface area contributed by atoms with Crippen molar-refractivity contribution in [1.82, 2.24) is 4.90 Å². The number of anilines is 1. The van der Waals surface area contributed by atoms with Gasteiger partial charge >= 0.3 is 6.03 Å². The van der Waals surface area contributed by atoms with E-state index in [2.05, 4.69) is 18.3 Å². The van der Waals surface area contributed by atoms with Gasteiger partial charge in [0.25, 0.3) is 0 Å². The molecule has 5 nitrogen and oxygen atoms in total. The lowest BCUT2D eigenvalue weighted by molar-refractivity contribution is 0.160. The van der Waals surface area contributed by atoms with Crippen molar-refractivity contribution in [3.63, 3.8) is 0 Å². The molecule has 0 aliphatic carbocycles. The number of nitrogens with zero attached hydrogens (tertiary/aromatic N) is 1. The molecule has 3 aliphatic heterocycles. The van der Waals surface area contributed by atoms with E-state index in [1.54, 1.807) is 0 Å². The number of nitrogens with one attached hydrogen (secondary N) is 1. The highest BCUT2D eigenvalue weighted by Gasteiger charge is 2.30. The van der Waals surface area contributed by atoms with Crippen molar-refractivity contribution in [2.24, 2.45) is 0 Å². The number of piperidine rings is 1. The van der Waals surface area contributed by atoms with Crippen LogP contribution in [0.5, 0.6) is 11.5 Å². The zero-order valence-electron chi connectivity index (χ0n) is 13.7. The first kappa shape index (κ1) is 14.7. The Morgan fingerprint density at radius 2 is 2.17 bits per heavy atom. The van der Waals surface area contributed by atoms with Crippen LogP contribution in [0.3, 0.4) is 0 Å². The summed E-state index contributed by atoms with van der Waals surface area (Å²) >= 11 is 0. The first-order valence-electron chi connectivity index (χ1n) is 8.80. The highest BCUT2D eigenvalue weighted by atomic mass is 16.5. The molecule has 0 saturated carbocycles. The standard InChI is InChI=1S/C18H24N2O3/c1-2-13-5-3-4-8-20(13)18(21)19-16-14-7-10-22-15(14)11-12-6-9-23-17(12)16/h11,13H,2-10H2,1H3,(H,19,21). The van der Waals surface area contributed by atoms with Gasteiger partial charge in [0.1, 0.15) is 11.5 Å². The monoisotopic (exact) mass is 316 g/mol. The van der Waals surface area contributed by atoms with Crippen molar-refractivity contribution in [3.8, 4) is 11.5 Å². The van der Waals surface area contributed by atoms with Crippen molar-refractivity contribution in [3.05, 3.63) is 17.2 Å². The van der Waals surface area contributed by atoms with Crippen molar-refractivity contribution >= 4 is 11.7 Å². The molecule has 3 heterocycles. The largest absolute Gasteiger partial charge is 0.493 e. The number of likely N-dealkylation sites (tertiary alicyclic amines) is 1. The van der Waals surface area contributed by atoms with Gasteiger partial charge in [-0.05, 0) is 31.7 Å². The second-order valence-corrected chi connectivity index (χ2v) is 6.59. The summed E-state index contributed by atoms with van der Waals surface area (Å²) in [5, 5.41) is 3.16. The van der Waals surface area contributed by atoms with Gasteiger partial charge in [-0.3, -0.25) is 0 Å². The average Bonchev–Trinajstić information content (AvgIpc) is 3.23. The van der Waals surface area contributed by atoms with Crippen LogP contribution >= 0.6 is 0 Å². The third-order valence-electron chi connectivity index (χ3n) is 5.24. The van der Waals surface area contributed by atoms with Gasteiger partial charge < -0.3 is 19.7 Å². The minimum Gasteiger partial charge on any atom is -0.493 e. The van der Waals surface area contributed by atoms with E-state index >= 15 is 0 Å². The van der Waals surface area contributed by atoms with Gasteiger partial charge in [-0.25, -0.2) is 4.79 Å². The topological polar surface area (TPSA) is 50.8 Å². The van der Waals surface area contributed by atoms with Crippen molar-refractivity contribution in [2.75, 3.05) is 25.1 Å². The third kappa shape index (κ3) is 2.52. The van der Waals surface area contributed by atoms with Gasteiger partial charge in [-0.15, -0.1) is 0 Å². The molecule has 1 saturated heterocycles. The first-order chi connectivity index (χ1) is 11.3. The molecule has 0 spiro atoms. The van der Waals surface area contributed by atoms with Crippen LogP contribution in [0, 0.1) is 0 Å². The molecule has 1 N–H and O–H groups in total. The molecule has 0 bridgehead atoms. The zero-order valence-corrected chi connectivity index (χ0v) is 13.7. The quantitative estimate of drug-likeness (QED) is 0.910. The Labute approximate surface area is 136 Å². The third-order valence-corrected chi connectivity index (χ3v) is 5.24. The van der Waals surface area contributed by atoms with Crippen molar-refractivity contribution in [1.29, 1.82) is 0 Å². The molecule has 23 heavy (non-hydrogen) atoms. The van der Waals surface area contributed by atoms with Crippen LogP contribution in [0.1, 0.15) is 43.7 Å². The minimum atomic E-state index is 0.00884. The van der Waals surface area contributed by atoms with E-state index in [0.717, 1.165) is 67.0 Å². The summed E-state index contributed by atoms with van der Waals surface area (Å²) in [5.41, 5.74) is 3.08. The van der Waals surface area contributed by atoms with Crippen LogP contribution < -0.4 is 14.8 Å². The predicted octanol–water partition coefficient (Wildman–Crippen LogP) is 3.35. The fourth-order valence-corrected chi connectivity index (χ4v) is 3.99. The summed E-state index contributed by atoms with van der Waals surface area (Å²) in [4.78, 5) is 14.9. The predicted molar refractivity (Wildman–Crippen MR) is 88.5 cm³/mol. The van der Waals surface area contributed by atoms with E-state index < -0.39 is 0 Å². The summed E-state index contributed by atoms with van der Waals surface area (Å²) in [6.45, 7) is 4.37. The molecular weight excluding hydrogens is 292 g/mol. The van der Waals surface area contributed by atoms with Gasteiger partial charge in [0.05, 0.1) is 18.9 Å². The maximum Gasteiger partial charge on any atom is 0.322 e. The van der Waals surface area contributed by atoms with Crippen LogP contribution in [0.2, 0.25) is 0 Å². The fourth-order valence-electron chi connectivity index (χ4n) is 3.99. The fraction of sp³-hybridized carbons (Fsp3) is 0.611. The van der Waals surface area contributed by atoms with E-state index in [9.17, 15) is 4.79 Å². The average molecular weight is 316 g/mol. The molecular formula is C18H24N2O3. The lowest BCUT2D eigenvalue weighted by atomic mass is 10.0. The van der Waals surface area contributed by atoms with Gasteiger partial charge in [0.2, 0.25) is 0 Å². The Hall–Kier alpha value is -1.91. The Morgan fingerprint density at radius 3 is 3.04 bits per heavy atom. The van der Waals surface area contributed by atoms with Crippen LogP contribution in [-0.2, 0) is 12.8 Å². The molecule has 0 radical (unpaired) electrons. The van der Waals surface area contributed by atoms with Gasteiger partial charge in [0, 0.05) is 36.6 Å². The normalized spacial score (nSPS) is 22.1. The molecule has 0 aromatic heterocycles. The number of carbonyl (C=O) groups excluding carboxylic acids is 1. The maximum absolute atomic E-state index is 12.9. The molecule has 1 atom stereocenters. The summed E-state index contributed by atoms with van der Waals surface area (Å²) in [6.07, 6.45) is 6.14. The highest BCUT2D eigenvalue weighted by molar-refractivity contribution is 5.93. The summed E-state index contributed by atoms with van der Waals surface area (Å²) in [6, 6.07) is 2.44. The van der Waals surface area contributed by atoms with E-state index in [1.165, 1.54) is 6.42 Å². The summed E-state index contributed by atoms with van der Waals surface area (Å²) in [7, 11) is 0. The Bertz CT molecular complexity index is 597. The van der Waals surface area contributed by atoms with Crippen LogP contribution in [-0.4, -0.2) is 36.7 Å². The number of carbonyl (C=O) groups is 1. The number of ether oxygens (including phenoxy) is 2. The van der Waals surface area contributed by atoms with Gasteiger partial charge in [0.15, 0.2) is 0 Å². The van der Waals surface area contributed by atoms with Gasteiger partial charge in [-0.1, -0.05) is 6.92 Å². The van der Waals surface area contributed by atoms with E-state index in [-0.39, 0.29) is 6.03 Å². The molecule has 1 unspecified atom stereocenters. The van der Waals surface area contributed by atoms with E-state index in [1.807, 2.05) is 4.90 Å². The SMILES string of the molecule is CCC1CCCCN1C(=O)Nc1c2c(cc3c1OCC3)OCC2. The Kier molecular flexibility index (Phi) is 3.79. The molecule has 1 aromatic rings. The Balaban J connectivity index is 1.63. The molecule has 1 fully saturated rings. The molecule has 1 aromatic carbocycles. The number of hydrogen-bond acceptors (Lipinski definition) is 3. The van der Waals surface area contributed by atoms with E-state index in [4.69, 9.17) is 9.47 Å². The highest BCUT2D eigenvalue weighted by Crippen LogP contribution is 2.44. The first-order valence-corrected chi connectivity index (χ1v) is 8.80. The molecule has 3 aliphatic rings. The molecule has 5 heteroatoms. The van der Waals surface area contributed by atoms with Gasteiger partial charge in [-0.2, -0.15) is 0 Å². The minimum absolute atomic E-state index is 0.00884. The molecule has 124 valence electrons. The van der Waals surface area contributed by atoms with Crippen molar-refractivity contribution < 1.29 is 14.3 Å².